The second-order valence-electron chi connectivity index (χ2n) is 5.62. The Labute approximate surface area is 131 Å². The number of nitrogens with zero attached hydrogens (tertiary/aromatic N) is 2. The summed E-state index contributed by atoms with van der Waals surface area (Å²) in [5, 5.41) is 13.3. The quantitative estimate of drug-likeness (QED) is 0.760. The van der Waals surface area contributed by atoms with Gasteiger partial charge < -0.3 is 15.3 Å². The van der Waals surface area contributed by atoms with E-state index in [9.17, 15) is 9.90 Å². The van der Waals surface area contributed by atoms with E-state index in [-0.39, 0.29) is 17.6 Å². The van der Waals surface area contributed by atoms with Crippen molar-refractivity contribution < 1.29 is 9.90 Å². The first-order valence-corrected chi connectivity index (χ1v) is 7.57. The highest BCUT2D eigenvalue weighted by molar-refractivity contribution is 6.29. The number of amides is 1. The molecule has 0 saturated heterocycles. The second-order valence-corrected chi connectivity index (χ2v) is 6.01. The summed E-state index contributed by atoms with van der Waals surface area (Å²) in [5.74, 6) is 0.426. The molecule has 118 valence electrons. The molecule has 1 aromatic rings. The second kappa shape index (κ2) is 7.61. The third-order valence-electron chi connectivity index (χ3n) is 2.84. The van der Waals surface area contributed by atoms with E-state index in [1.807, 2.05) is 13.8 Å². The molecule has 2 N–H and O–H groups in total. The van der Waals surface area contributed by atoms with Crippen LogP contribution in [0, 0.1) is 0 Å². The molecule has 1 aromatic heterocycles. The van der Waals surface area contributed by atoms with E-state index >= 15 is 0 Å². The maximum Gasteiger partial charge on any atom is 0.254 e. The number of aromatic nitrogens is 1. The summed E-state index contributed by atoms with van der Waals surface area (Å²) in [4.78, 5) is 18.3. The van der Waals surface area contributed by atoms with Crippen molar-refractivity contribution in [3.05, 3.63) is 22.8 Å². The molecule has 0 spiro atoms. The molecule has 0 atom stereocenters. The molecule has 0 aliphatic rings. The molecular formula is C15H24ClN3O2. The van der Waals surface area contributed by atoms with E-state index in [1.165, 1.54) is 0 Å². The summed E-state index contributed by atoms with van der Waals surface area (Å²) < 4.78 is 0. The first-order valence-electron chi connectivity index (χ1n) is 7.20. The van der Waals surface area contributed by atoms with Gasteiger partial charge in [-0.15, -0.1) is 0 Å². The first kappa shape index (κ1) is 17.7. The highest BCUT2D eigenvalue weighted by Gasteiger charge is 2.23. The summed E-state index contributed by atoms with van der Waals surface area (Å²) >= 11 is 5.98. The third kappa shape index (κ3) is 5.89. The van der Waals surface area contributed by atoms with Crippen LogP contribution >= 0.6 is 11.6 Å². The maximum atomic E-state index is 12.5. The summed E-state index contributed by atoms with van der Waals surface area (Å²) in [6, 6.07) is 3.24. The lowest BCUT2D eigenvalue weighted by molar-refractivity contribution is 0.0314. The Bertz CT molecular complexity index is 486. The van der Waals surface area contributed by atoms with Crippen LogP contribution < -0.4 is 5.32 Å². The molecule has 21 heavy (non-hydrogen) atoms. The van der Waals surface area contributed by atoms with Gasteiger partial charge in [-0.2, -0.15) is 0 Å². The van der Waals surface area contributed by atoms with Crippen molar-refractivity contribution in [3.8, 4) is 0 Å². The number of aliphatic hydroxyl groups is 1. The van der Waals surface area contributed by atoms with Gasteiger partial charge in [0.2, 0.25) is 0 Å². The van der Waals surface area contributed by atoms with Crippen LogP contribution in [0.5, 0.6) is 0 Å². The standard InChI is InChI=1S/C15H24ClN3O2/c1-5-7-17-13-9-11(8-12(16)18-13)14(20)19(6-2)10-15(3,4)21/h8-9,21H,5-7,10H2,1-4H3,(H,17,18). The predicted octanol–water partition coefficient (Wildman–Crippen LogP) is 2.79. The van der Waals surface area contributed by atoms with Crippen LogP contribution in [0.1, 0.15) is 44.5 Å². The van der Waals surface area contributed by atoms with Crippen molar-refractivity contribution in [1.82, 2.24) is 9.88 Å². The molecule has 1 heterocycles. The molecule has 0 bridgehead atoms. The van der Waals surface area contributed by atoms with Gasteiger partial charge in [0, 0.05) is 25.2 Å². The van der Waals surface area contributed by atoms with Crippen molar-refractivity contribution >= 4 is 23.3 Å². The van der Waals surface area contributed by atoms with Crippen LogP contribution in [0.4, 0.5) is 5.82 Å². The summed E-state index contributed by atoms with van der Waals surface area (Å²) in [7, 11) is 0. The molecule has 0 aliphatic carbocycles. The molecule has 0 aromatic carbocycles. The predicted molar refractivity (Wildman–Crippen MR) is 85.9 cm³/mol. The molecule has 0 fully saturated rings. The number of nitrogens with one attached hydrogen (secondary N) is 1. The van der Waals surface area contributed by atoms with E-state index in [2.05, 4.69) is 10.3 Å². The first-order chi connectivity index (χ1) is 9.76. The Balaban J connectivity index is 2.96. The lowest BCUT2D eigenvalue weighted by Crippen LogP contribution is -2.42. The van der Waals surface area contributed by atoms with Crippen molar-refractivity contribution in [2.45, 2.75) is 39.7 Å². The fraction of sp³-hybridized carbons (Fsp3) is 0.600. The minimum absolute atomic E-state index is 0.163. The topological polar surface area (TPSA) is 65.5 Å². The molecule has 0 radical (unpaired) electrons. The van der Waals surface area contributed by atoms with Gasteiger partial charge in [0.25, 0.3) is 5.91 Å². The molecule has 5 nitrogen and oxygen atoms in total. The fourth-order valence-electron chi connectivity index (χ4n) is 1.94. The number of hydrogen-bond acceptors (Lipinski definition) is 4. The number of halogens is 1. The van der Waals surface area contributed by atoms with E-state index in [0.29, 0.717) is 17.9 Å². The third-order valence-corrected chi connectivity index (χ3v) is 3.04. The normalized spacial score (nSPS) is 11.3. The Morgan fingerprint density at radius 3 is 2.62 bits per heavy atom. The van der Waals surface area contributed by atoms with Gasteiger partial charge in [-0.25, -0.2) is 4.98 Å². The Hall–Kier alpha value is -1.33. The lowest BCUT2D eigenvalue weighted by Gasteiger charge is -2.28. The van der Waals surface area contributed by atoms with Crippen LogP contribution in [-0.4, -0.2) is 46.1 Å². The molecule has 1 rings (SSSR count). The van der Waals surface area contributed by atoms with E-state index < -0.39 is 5.60 Å². The number of pyridine rings is 1. The zero-order valence-corrected chi connectivity index (χ0v) is 13.9. The van der Waals surface area contributed by atoms with Crippen molar-refractivity contribution in [2.24, 2.45) is 0 Å². The number of carbonyl (C=O) groups is 1. The van der Waals surface area contributed by atoms with Gasteiger partial charge in [0.1, 0.15) is 11.0 Å². The van der Waals surface area contributed by atoms with E-state index in [4.69, 9.17) is 11.6 Å². The molecule has 6 heteroatoms. The lowest BCUT2D eigenvalue weighted by atomic mass is 10.1. The van der Waals surface area contributed by atoms with Crippen molar-refractivity contribution in [3.63, 3.8) is 0 Å². The number of hydrogen-bond donors (Lipinski definition) is 2. The van der Waals surface area contributed by atoms with Gasteiger partial charge in [-0.05, 0) is 39.3 Å². The molecular weight excluding hydrogens is 290 g/mol. The highest BCUT2D eigenvalue weighted by atomic mass is 35.5. The molecule has 0 unspecified atom stereocenters. The zero-order chi connectivity index (χ0) is 16.0. The number of likely N-dealkylation sites (N-methyl/N-ethyl adjacent to an activating group) is 1. The zero-order valence-electron chi connectivity index (χ0n) is 13.1. The van der Waals surface area contributed by atoms with Crippen molar-refractivity contribution in [1.29, 1.82) is 0 Å². The minimum Gasteiger partial charge on any atom is -0.389 e. The van der Waals surface area contributed by atoms with Gasteiger partial charge in [0.15, 0.2) is 0 Å². The Kier molecular flexibility index (Phi) is 6.42. The average molecular weight is 314 g/mol. The number of rotatable bonds is 7. The van der Waals surface area contributed by atoms with Gasteiger partial charge >= 0.3 is 0 Å². The van der Waals surface area contributed by atoms with Gasteiger partial charge in [0.05, 0.1) is 5.60 Å². The maximum absolute atomic E-state index is 12.5. The van der Waals surface area contributed by atoms with Crippen LogP contribution in [0.3, 0.4) is 0 Å². The highest BCUT2D eigenvalue weighted by Crippen LogP contribution is 2.17. The van der Waals surface area contributed by atoms with Crippen LogP contribution in [0.25, 0.3) is 0 Å². The fourth-order valence-corrected chi connectivity index (χ4v) is 2.15. The van der Waals surface area contributed by atoms with E-state index in [1.54, 1.807) is 30.9 Å². The summed E-state index contributed by atoms with van der Waals surface area (Å²) in [6.07, 6.45) is 0.956. The van der Waals surface area contributed by atoms with Crippen molar-refractivity contribution in [2.75, 3.05) is 25.0 Å². The smallest absolute Gasteiger partial charge is 0.254 e. The molecule has 0 saturated carbocycles. The summed E-state index contributed by atoms with van der Waals surface area (Å²) in [5.41, 5.74) is -0.467. The van der Waals surface area contributed by atoms with E-state index in [0.717, 1.165) is 13.0 Å². The Morgan fingerprint density at radius 2 is 2.10 bits per heavy atom. The van der Waals surface area contributed by atoms with Crippen LogP contribution in [0.15, 0.2) is 12.1 Å². The van der Waals surface area contributed by atoms with Gasteiger partial charge in [-0.1, -0.05) is 18.5 Å². The monoisotopic (exact) mass is 313 g/mol. The number of carbonyl (C=O) groups excluding carboxylic acids is 1. The average Bonchev–Trinajstić information content (AvgIpc) is 2.40. The van der Waals surface area contributed by atoms with Crippen LogP contribution in [0.2, 0.25) is 5.15 Å². The SMILES string of the molecule is CCCNc1cc(C(=O)N(CC)CC(C)(C)O)cc(Cl)n1. The Morgan fingerprint density at radius 1 is 1.43 bits per heavy atom. The largest absolute Gasteiger partial charge is 0.389 e. The minimum atomic E-state index is -0.939. The van der Waals surface area contributed by atoms with Crippen LogP contribution in [-0.2, 0) is 0 Å². The van der Waals surface area contributed by atoms with Gasteiger partial charge in [-0.3, -0.25) is 4.79 Å². The molecule has 0 aliphatic heterocycles. The summed E-state index contributed by atoms with van der Waals surface area (Å²) in [6.45, 7) is 8.82. The number of anilines is 1. The molecule has 1 amide bonds.